The van der Waals surface area contributed by atoms with Gasteiger partial charge in [-0.3, -0.25) is 4.79 Å². The van der Waals surface area contributed by atoms with Crippen molar-refractivity contribution >= 4 is 21.8 Å². The van der Waals surface area contributed by atoms with Crippen LogP contribution in [0.5, 0.6) is 11.5 Å². The first-order chi connectivity index (χ1) is 10.5. The van der Waals surface area contributed by atoms with Crippen molar-refractivity contribution in [1.82, 2.24) is 4.90 Å². The fourth-order valence-corrected chi connectivity index (χ4v) is 3.21. The van der Waals surface area contributed by atoms with E-state index in [1.165, 1.54) is 0 Å². The largest absolute Gasteiger partial charge is 0.493 e. The van der Waals surface area contributed by atoms with Gasteiger partial charge < -0.3 is 19.1 Å². The van der Waals surface area contributed by atoms with Crippen LogP contribution in [-0.2, 0) is 4.74 Å². The molecule has 5 nitrogen and oxygen atoms in total. The van der Waals surface area contributed by atoms with Crippen LogP contribution in [0.2, 0.25) is 0 Å². The van der Waals surface area contributed by atoms with E-state index in [9.17, 15) is 4.79 Å². The maximum absolute atomic E-state index is 12.7. The number of benzene rings is 1. The Kier molecular flexibility index (Phi) is 5.69. The number of hydrogen-bond acceptors (Lipinski definition) is 4. The lowest BCUT2D eigenvalue weighted by atomic mass is 10.1. The normalized spacial score (nSPS) is 21.6. The summed E-state index contributed by atoms with van der Waals surface area (Å²) in [7, 11) is 1.57. The molecule has 0 N–H and O–H groups in total. The molecule has 0 unspecified atom stereocenters. The van der Waals surface area contributed by atoms with Crippen molar-refractivity contribution in [2.45, 2.75) is 33.0 Å². The summed E-state index contributed by atoms with van der Waals surface area (Å²) in [6.45, 7) is 7.57. The fourth-order valence-electron chi connectivity index (χ4n) is 2.65. The summed E-state index contributed by atoms with van der Waals surface area (Å²) < 4.78 is 17.3. The van der Waals surface area contributed by atoms with Gasteiger partial charge in [-0.2, -0.15) is 0 Å². The second-order valence-corrected chi connectivity index (χ2v) is 6.24. The van der Waals surface area contributed by atoms with Crippen molar-refractivity contribution in [3.63, 3.8) is 0 Å². The summed E-state index contributed by atoms with van der Waals surface area (Å²) in [5.74, 6) is 1.14. The molecule has 1 aromatic rings. The van der Waals surface area contributed by atoms with Gasteiger partial charge in [0.1, 0.15) is 0 Å². The van der Waals surface area contributed by atoms with Gasteiger partial charge >= 0.3 is 0 Å². The van der Waals surface area contributed by atoms with Crippen molar-refractivity contribution in [2.75, 3.05) is 26.8 Å². The summed E-state index contributed by atoms with van der Waals surface area (Å²) >= 11 is 3.46. The molecule has 1 heterocycles. The van der Waals surface area contributed by atoms with E-state index in [4.69, 9.17) is 14.2 Å². The summed E-state index contributed by atoms with van der Waals surface area (Å²) in [5, 5.41) is 0. The first-order valence-electron chi connectivity index (χ1n) is 7.41. The lowest BCUT2D eigenvalue weighted by Gasteiger charge is -2.35. The zero-order valence-corrected chi connectivity index (χ0v) is 15.0. The Morgan fingerprint density at radius 3 is 2.55 bits per heavy atom. The van der Waals surface area contributed by atoms with Crippen LogP contribution in [0.3, 0.4) is 0 Å². The predicted octanol–water partition coefficient (Wildman–Crippen LogP) is 3.11. The van der Waals surface area contributed by atoms with Gasteiger partial charge in [0.2, 0.25) is 0 Å². The van der Waals surface area contributed by atoms with Crippen molar-refractivity contribution in [3.05, 3.63) is 22.2 Å². The van der Waals surface area contributed by atoms with E-state index in [0.717, 1.165) is 0 Å². The highest BCUT2D eigenvalue weighted by Gasteiger charge is 2.27. The smallest absolute Gasteiger partial charge is 0.254 e. The highest BCUT2D eigenvalue weighted by molar-refractivity contribution is 9.10. The second-order valence-electron chi connectivity index (χ2n) is 5.39. The van der Waals surface area contributed by atoms with Crippen LogP contribution in [0.15, 0.2) is 16.6 Å². The molecule has 0 saturated carbocycles. The van der Waals surface area contributed by atoms with Gasteiger partial charge in [0.05, 0.1) is 30.4 Å². The van der Waals surface area contributed by atoms with E-state index in [-0.39, 0.29) is 18.1 Å². The second kappa shape index (κ2) is 7.33. The predicted molar refractivity (Wildman–Crippen MR) is 87.8 cm³/mol. The molecule has 1 amide bonds. The molecule has 1 saturated heterocycles. The number of amides is 1. The molecule has 0 spiro atoms. The number of carbonyl (C=O) groups excluding carboxylic acids is 1. The van der Waals surface area contributed by atoms with Crippen LogP contribution in [0.1, 0.15) is 31.1 Å². The number of morpholine rings is 1. The van der Waals surface area contributed by atoms with Crippen LogP contribution in [-0.4, -0.2) is 49.8 Å². The zero-order valence-electron chi connectivity index (χ0n) is 13.4. The molecule has 1 aromatic carbocycles. The standard InChI is InChI=1S/C16H22BrNO4/c1-5-21-15-13(17)6-12(7-14(15)20-4)16(19)18-8-10(2)22-11(3)9-18/h6-7,10-11H,5,8-9H2,1-4H3/t10-,11-/m0/s1. The molecule has 1 fully saturated rings. The molecule has 0 bridgehead atoms. The monoisotopic (exact) mass is 371 g/mol. The molecular formula is C16H22BrNO4. The van der Waals surface area contributed by atoms with Gasteiger partial charge in [0, 0.05) is 18.7 Å². The number of rotatable bonds is 4. The number of hydrogen-bond donors (Lipinski definition) is 0. The maximum Gasteiger partial charge on any atom is 0.254 e. The molecule has 6 heteroatoms. The first kappa shape index (κ1) is 17.1. The van der Waals surface area contributed by atoms with Crippen LogP contribution < -0.4 is 9.47 Å². The van der Waals surface area contributed by atoms with Gasteiger partial charge in [-0.05, 0) is 48.8 Å². The Morgan fingerprint density at radius 1 is 1.36 bits per heavy atom. The average molecular weight is 372 g/mol. The van der Waals surface area contributed by atoms with E-state index >= 15 is 0 Å². The van der Waals surface area contributed by atoms with E-state index in [0.29, 0.717) is 41.2 Å². The SMILES string of the molecule is CCOc1c(Br)cc(C(=O)N2C[C@H](C)O[C@@H](C)C2)cc1OC. The Labute approximate surface area is 139 Å². The van der Waals surface area contributed by atoms with E-state index in [1.807, 2.05) is 25.7 Å². The first-order valence-corrected chi connectivity index (χ1v) is 8.20. The topological polar surface area (TPSA) is 48.0 Å². The number of halogens is 1. The number of ether oxygens (including phenoxy) is 3. The van der Waals surface area contributed by atoms with Crippen molar-refractivity contribution < 1.29 is 19.0 Å². The molecule has 22 heavy (non-hydrogen) atoms. The summed E-state index contributed by atoms with van der Waals surface area (Å²) in [4.78, 5) is 14.6. The molecule has 0 aliphatic carbocycles. The maximum atomic E-state index is 12.7. The van der Waals surface area contributed by atoms with Gasteiger partial charge in [0.25, 0.3) is 5.91 Å². The van der Waals surface area contributed by atoms with Gasteiger partial charge in [-0.15, -0.1) is 0 Å². The molecular weight excluding hydrogens is 350 g/mol. The number of methoxy groups -OCH3 is 1. The molecule has 2 atom stereocenters. The Balaban J connectivity index is 2.28. The van der Waals surface area contributed by atoms with Crippen LogP contribution in [0, 0.1) is 0 Å². The Hall–Kier alpha value is -1.27. The molecule has 2 rings (SSSR count). The molecule has 1 aliphatic rings. The van der Waals surface area contributed by atoms with E-state index in [1.54, 1.807) is 19.2 Å². The van der Waals surface area contributed by atoms with Gasteiger partial charge in [-0.1, -0.05) is 0 Å². The zero-order chi connectivity index (χ0) is 16.3. The summed E-state index contributed by atoms with van der Waals surface area (Å²) in [6, 6.07) is 3.50. The third-order valence-corrected chi connectivity index (χ3v) is 4.06. The van der Waals surface area contributed by atoms with Gasteiger partial charge in [0.15, 0.2) is 11.5 Å². The van der Waals surface area contributed by atoms with Crippen LogP contribution in [0.4, 0.5) is 0 Å². The molecule has 122 valence electrons. The lowest BCUT2D eigenvalue weighted by Crippen LogP contribution is -2.48. The summed E-state index contributed by atoms with van der Waals surface area (Å²) in [5.41, 5.74) is 0.577. The van der Waals surface area contributed by atoms with Crippen molar-refractivity contribution in [2.24, 2.45) is 0 Å². The lowest BCUT2D eigenvalue weighted by molar-refractivity contribution is -0.0586. The third-order valence-electron chi connectivity index (χ3n) is 3.47. The fraction of sp³-hybridized carbons (Fsp3) is 0.562. The average Bonchev–Trinajstić information content (AvgIpc) is 2.47. The number of carbonyl (C=O) groups is 1. The van der Waals surface area contributed by atoms with Crippen LogP contribution >= 0.6 is 15.9 Å². The van der Waals surface area contributed by atoms with Crippen LogP contribution in [0.25, 0.3) is 0 Å². The minimum atomic E-state index is -0.0240. The minimum Gasteiger partial charge on any atom is -0.493 e. The Bertz CT molecular complexity index is 539. The number of nitrogens with zero attached hydrogens (tertiary/aromatic N) is 1. The molecule has 0 aromatic heterocycles. The minimum absolute atomic E-state index is 0.0240. The molecule has 0 radical (unpaired) electrons. The highest BCUT2D eigenvalue weighted by atomic mass is 79.9. The van der Waals surface area contributed by atoms with Gasteiger partial charge in [-0.25, -0.2) is 0 Å². The van der Waals surface area contributed by atoms with E-state index in [2.05, 4.69) is 15.9 Å². The van der Waals surface area contributed by atoms with E-state index < -0.39 is 0 Å². The van der Waals surface area contributed by atoms with Crippen molar-refractivity contribution in [3.8, 4) is 11.5 Å². The molecule has 1 aliphatic heterocycles. The summed E-state index contributed by atoms with van der Waals surface area (Å²) in [6.07, 6.45) is 0.0847. The quantitative estimate of drug-likeness (QED) is 0.815. The Morgan fingerprint density at radius 2 is 2.00 bits per heavy atom. The van der Waals surface area contributed by atoms with Crippen molar-refractivity contribution in [1.29, 1.82) is 0 Å². The third kappa shape index (κ3) is 3.73. The highest BCUT2D eigenvalue weighted by Crippen LogP contribution is 2.37.